The standard InChI is InChI=1S/C13H14O2/c1-3-10-8-13(15-9(2)14)12-7-5-4-6-11(10)12/h4-8,13H,3H2,1-2H3. The minimum atomic E-state index is -0.233. The third kappa shape index (κ3) is 1.80. The van der Waals surface area contributed by atoms with Gasteiger partial charge in [-0.3, -0.25) is 4.79 Å². The molecule has 1 aromatic rings. The van der Waals surface area contributed by atoms with E-state index in [9.17, 15) is 4.79 Å². The van der Waals surface area contributed by atoms with Crippen molar-refractivity contribution in [3.8, 4) is 0 Å². The largest absolute Gasteiger partial charge is 0.453 e. The van der Waals surface area contributed by atoms with Gasteiger partial charge in [-0.15, -0.1) is 0 Å². The van der Waals surface area contributed by atoms with Crippen LogP contribution in [0.5, 0.6) is 0 Å². The van der Waals surface area contributed by atoms with Crippen molar-refractivity contribution in [2.75, 3.05) is 0 Å². The summed E-state index contributed by atoms with van der Waals surface area (Å²) < 4.78 is 5.25. The van der Waals surface area contributed by atoms with Gasteiger partial charge in [-0.2, -0.15) is 0 Å². The van der Waals surface area contributed by atoms with Gasteiger partial charge in [0.1, 0.15) is 6.10 Å². The first kappa shape index (κ1) is 9.97. The molecule has 0 aromatic heterocycles. The predicted octanol–water partition coefficient (Wildman–Crippen LogP) is 3.10. The van der Waals surface area contributed by atoms with E-state index in [0.29, 0.717) is 0 Å². The molecule has 0 heterocycles. The Morgan fingerprint density at radius 1 is 1.40 bits per heavy atom. The minimum absolute atomic E-state index is 0.186. The lowest BCUT2D eigenvalue weighted by Gasteiger charge is -2.10. The molecule has 0 spiro atoms. The van der Waals surface area contributed by atoms with Crippen molar-refractivity contribution in [2.24, 2.45) is 0 Å². The van der Waals surface area contributed by atoms with Crippen molar-refractivity contribution in [1.82, 2.24) is 0 Å². The van der Waals surface area contributed by atoms with Crippen LogP contribution in [0, 0.1) is 0 Å². The van der Waals surface area contributed by atoms with Crippen molar-refractivity contribution >= 4 is 11.5 Å². The second-order valence-electron chi connectivity index (χ2n) is 3.66. The molecule has 0 aliphatic heterocycles. The molecular weight excluding hydrogens is 188 g/mol. The SMILES string of the molecule is CCC1=CC(OC(C)=O)c2ccccc21. The summed E-state index contributed by atoms with van der Waals surface area (Å²) in [4.78, 5) is 11.0. The van der Waals surface area contributed by atoms with E-state index in [1.54, 1.807) is 0 Å². The summed E-state index contributed by atoms with van der Waals surface area (Å²) in [6, 6.07) is 8.08. The summed E-state index contributed by atoms with van der Waals surface area (Å²) in [5, 5.41) is 0. The fraction of sp³-hybridized carbons (Fsp3) is 0.308. The number of benzene rings is 1. The van der Waals surface area contributed by atoms with E-state index >= 15 is 0 Å². The second kappa shape index (κ2) is 3.89. The predicted molar refractivity (Wildman–Crippen MR) is 59.2 cm³/mol. The average molecular weight is 202 g/mol. The van der Waals surface area contributed by atoms with Gasteiger partial charge in [0.25, 0.3) is 0 Å². The summed E-state index contributed by atoms with van der Waals surface area (Å²) >= 11 is 0. The van der Waals surface area contributed by atoms with Gasteiger partial charge in [-0.1, -0.05) is 31.2 Å². The average Bonchev–Trinajstić information content (AvgIpc) is 2.56. The molecule has 1 aromatic carbocycles. The number of allylic oxidation sites excluding steroid dienone is 1. The van der Waals surface area contributed by atoms with Crippen LogP contribution in [0.3, 0.4) is 0 Å². The molecule has 0 radical (unpaired) electrons. The maximum absolute atomic E-state index is 11.0. The number of esters is 1. The number of carbonyl (C=O) groups is 1. The zero-order chi connectivity index (χ0) is 10.8. The van der Waals surface area contributed by atoms with E-state index in [1.165, 1.54) is 18.1 Å². The van der Waals surface area contributed by atoms with E-state index in [2.05, 4.69) is 13.0 Å². The monoisotopic (exact) mass is 202 g/mol. The minimum Gasteiger partial charge on any atom is -0.453 e. The fourth-order valence-electron chi connectivity index (χ4n) is 1.98. The normalized spacial score (nSPS) is 18.3. The van der Waals surface area contributed by atoms with Crippen LogP contribution in [0.15, 0.2) is 30.3 Å². The van der Waals surface area contributed by atoms with Gasteiger partial charge in [-0.25, -0.2) is 0 Å². The van der Waals surface area contributed by atoms with Crippen LogP contribution < -0.4 is 0 Å². The second-order valence-corrected chi connectivity index (χ2v) is 3.66. The molecule has 0 saturated heterocycles. The lowest BCUT2D eigenvalue weighted by atomic mass is 10.0. The van der Waals surface area contributed by atoms with Gasteiger partial charge < -0.3 is 4.74 Å². The number of carbonyl (C=O) groups excluding carboxylic acids is 1. The van der Waals surface area contributed by atoms with Crippen molar-refractivity contribution in [1.29, 1.82) is 0 Å². The highest BCUT2D eigenvalue weighted by Gasteiger charge is 2.23. The van der Waals surface area contributed by atoms with Gasteiger partial charge in [0.2, 0.25) is 0 Å². The van der Waals surface area contributed by atoms with Crippen LogP contribution in [0.2, 0.25) is 0 Å². The van der Waals surface area contributed by atoms with Crippen molar-refractivity contribution in [2.45, 2.75) is 26.4 Å². The molecule has 78 valence electrons. The number of rotatable bonds is 2. The van der Waals surface area contributed by atoms with Crippen LogP contribution in [0.4, 0.5) is 0 Å². The lowest BCUT2D eigenvalue weighted by molar-refractivity contribution is -0.144. The summed E-state index contributed by atoms with van der Waals surface area (Å²) in [6.45, 7) is 3.55. The molecule has 0 N–H and O–H groups in total. The van der Waals surface area contributed by atoms with Crippen LogP contribution in [-0.4, -0.2) is 5.97 Å². The third-order valence-electron chi connectivity index (χ3n) is 2.64. The molecule has 2 heteroatoms. The highest BCUT2D eigenvalue weighted by molar-refractivity contribution is 5.75. The Bertz CT molecular complexity index is 418. The van der Waals surface area contributed by atoms with Gasteiger partial charge >= 0.3 is 5.97 Å². The topological polar surface area (TPSA) is 26.3 Å². The molecule has 2 rings (SSSR count). The number of ether oxygens (including phenoxy) is 1. The van der Waals surface area contributed by atoms with Crippen molar-refractivity contribution in [3.05, 3.63) is 41.5 Å². The quantitative estimate of drug-likeness (QED) is 0.689. The molecule has 0 amide bonds. The molecular formula is C13H14O2. The van der Waals surface area contributed by atoms with Gasteiger partial charge in [-0.05, 0) is 23.6 Å². The molecule has 15 heavy (non-hydrogen) atoms. The van der Waals surface area contributed by atoms with E-state index in [0.717, 1.165) is 12.0 Å². The van der Waals surface area contributed by atoms with Crippen LogP contribution in [0.1, 0.15) is 37.5 Å². The Balaban J connectivity index is 2.37. The van der Waals surface area contributed by atoms with E-state index in [4.69, 9.17) is 4.74 Å². The highest BCUT2D eigenvalue weighted by Crippen LogP contribution is 2.37. The lowest BCUT2D eigenvalue weighted by Crippen LogP contribution is -2.04. The summed E-state index contributed by atoms with van der Waals surface area (Å²) in [6.07, 6.45) is 2.81. The third-order valence-corrected chi connectivity index (χ3v) is 2.64. The first-order chi connectivity index (χ1) is 7.22. The Morgan fingerprint density at radius 2 is 2.13 bits per heavy atom. The molecule has 1 aliphatic carbocycles. The maximum atomic E-state index is 11.0. The summed E-state index contributed by atoms with van der Waals surface area (Å²) in [5.41, 5.74) is 3.58. The molecule has 1 atom stereocenters. The first-order valence-electron chi connectivity index (χ1n) is 5.19. The smallest absolute Gasteiger partial charge is 0.303 e. The number of hydrogen-bond donors (Lipinski definition) is 0. The maximum Gasteiger partial charge on any atom is 0.303 e. The summed E-state index contributed by atoms with van der Waals surface area (Å²) in [5.74, 6) is -0.233. The molecule has 0 bridgehead atoms. The molecule has 1 aliphatic rings. The van der Waals surface area contributed by atoms with Crippen LogP contribution in [0.25, 0.3) is 5.57 Å². The van der Waals surface area contributed by atoms with Gasteiger partial charge in [0.15, 0.2) is 0 Å². The molecule has 0 fully saturated rings. The zero-order valence-corrected chi connectivity index (χ0v) is 8.99. The Kier molecular flexibility index (Phi) is 2.58. The molecule has 1 unspecified atom stereocenters. The molecule has 0 saturated carbocycles. The Morgan fingerprint density at radius 3 is 2.80 bits per heavy atom. The number of hydrogen-bond acceptors (Lipinski definition) is 2. The van der Waals surface area contributed by atoms with E-state index in [1.807, 2.05) is 24.3 Å². The Hall–Kier alpha value is -1.57. The van der Waals surface area contributed by atoms with Crippen molar-refractivity contribution in [3.63, 3.8) is 0 Å². The zero-order valence-electron chi connectivity index (χ0n) is 8.99. The number of fused-ring (bicyclic) bond motifs is 1. The fourth-order valence-corrected chi connectivity index (χ4v) is 1.98. The Labute approximate surface area is 89.6 Å². The van der Waals surface area contributed by atoms with Crippen LogP contribution in [-0.2, 0) is 9.53 Å². The van der Waals surface area contributed by atoms with Gasteiger partial charge in [0, 0.05) is 12.5 Å². The van der Waals surface area contributed by atoms with Crippen molar-refractivity contribution < 1.29 is 9.53 Å². The first-order valence-corrected chi connectivity index (χ1v) is 5.19. The van der Waals surface area contributed by atoms with Crippen LogP contribution >= 0.6 is 0 Å². The highest BCUT2D eigenvalue weighted by atomic mass is 16.5. The summed E-state index contributed by atoms with van der Waals surface area (Å²) in [7, 11) is 0. The molecule has 2 nitrogen and oxygen atoms in total. The van der Waals surface area contributed by atoms with E-state index in [-0.39, 0.29) is 12.1 Å². The van der Waals surface area contributed by atoms with E-state index < -0.39 is 0 Å². The van der Waals surface area contributed by atoms with Gasteiger partial charge in [0.05, 0.1) is 0 Å².